The van der Waals surface area contributed by atoms with E-state index >= 15 is 0 Å². The maximum Gasteiger partial charge on any atom is 0.235 e. The van der Waals surface area contributed by atoms with Gasteiger partial charge in [-0.05, 0) is 41.5 Å². The lowest BCUT2D eigenvalue weighted by Gasteiger charge is -2.23. The first kappa shape index (κ1) is 19.5. The third-order valence-corrected chi connectivity index (χ3v) is 2.72. The molecule has 0 bridgehead atoms. The lowest BCUT2D eigenvalue weighted by molar-refractivity contribution is -0.121. The van der Waals surface area contributed by atoms with Crippen molar-refractivity contribution in [3.63, 3.8) is 0 Å². The van der Waals surface area contributed by atoms with Gasteiger partial charge in [-0.15, -0.1) is 0 Å². The molecule has 0 aromatic rings. The Bertz CT molecular complexity index is 367. The molecule has 0 aliphatic carbocycles. The summed E-state index contributed by atoms with van der Waals surface area (Å²) < 4.78 is 0. The molecule has 7 nitrogen and oxygen atoms in total. The van der Waals surface area contributed by atoms with Crippen LogP contribution in [0.5, 0.6) is 0 Å². The van der Waals surface area contributed by atoms with Gasteiger partial charge >= 0.3 is 0 Å². The Hall–Kier alpha value is -1.47. The Morgan fingerprint density at radius 1 is 1.14 bits per heavy atom. The van der Waals surface area contributed by atoms with E-state index in [9.17, 15) is 14.4 Å². The number of nitrogens with one attached hydrogen (secondary N) is 3. The maximum atomic E-state index is 10.8. The Labute approximate surface area is 126 Å². The van der Waals surface area contributed by atoms with Gasteiger partial charge in [0.1, 0.15) is 5.78 Å². The fraction of sp³-hybridized carbons (Fsp3) is 0.786. The molecule has 0 spiro atoms. The van der Waals surface area contributed by atoms with Crippen LogP contribution < -0.4 is 16.3 Å². The van der Waals surface area contributed by atoms with Crippen LogP contribution in [0.3, 0.4) is 0 Å². The van der Waals surface area contributed by atoms with Crippen LogP contribution in [0.2, 0.25) is 0 Å². The first-order valence-corrected chi connectivity index (χ1v) is 7.22. The standard InChI is InChI=1S/C7H14N2O.C4H8N2O.C3H6O/c1-5(2)9-6(3)4-7(10)8-9;1-3-2-4(7)6-5-3;1-3(2)4/h5-6H,4H2,1-3H3,(H,8,10);3,5H,2H2,1H3,(H,6,7);1-2H3. The summed E-state index contributed by atoms with van der Waals surface area (Å²) >= 11 is 0. The SMILES string of the molecule is CC(C)=O.CC(C)N1NC(=O)CC1C.CC1CC(=O)NN1. The summed E-state index contributed by atoms with van der Waals surface area (Å²) in [7, 11) is 0. The van der Waals surface area contributed by atoms with Crippen molar-refractivity contribution >= 4 is 17.6 Å². The number of hydrogen-bond acceptors (Lipinski definition) is 5. The van der Waals surface area contributed by atoms with Crippen LogP contribution in [0.1, 0.15) is 54.4 Å². The molecule has 7 heteroatoms. The minimum atomic E-state index is 0.0903. The predicted molar refractivity (Wildman–Crippen MR) is 80.9 cm³/mol. The second kappa shape index (κ2) is 9.46. The molecular formula is C14H28N4O3. The number of Topliss-reactive ketones (excluding diaryl/α,β-unsaturated/α-hetero) is 1. The summed E-state index contributed by atoms with van der Waals surface area (Å²) in [4.78, 5) is 30.5. The molecule has 0 aromatic carbocycles. The average Bonchev–Trinajstić information content (AvgIpc) is 2.84. The maximum absolute atomic E-state index is 10.8. The summed E-state index contributed by atoms with van der Waals surface area (Å²) in [5.74, 6) is 0.397. The molecular weight excluding hydrogens is 272 g/mol. The minimum absolute atomic E-state index is 0.0903. The number of rotatable bonds is 1. The van der Waals surface area contributed by atoms with Gasteiger partial charge in [-0.3, -0.25) is 20.4 Å². The van der Waals surface area contributed by atoms with E-state index < -0.39 is 0 Å². The zero-order valence-electron chi connectivity index (χ0n) is 13.8. The third-order valence-electron chi connectivity index (χ3n) is 2.72. The van der Waals surface area contributed by atoms with Gasteiger partial charge in [0.25, 0.3) is 0 Å². The number of hydrogen-bond donors (Lipinski definition) is 3. The quantitative estimate of drug-likeness (QED) is 0.656. The molecule has 2 atom stereocenters. The summed E-state index contributed by atoms with van der Waals surface area (Å²) in [5.41, 5.74) is 8.05. The zero-order chi connectivity index (χ0) is 16.6. The van der Waals surface area contributed by atoms with Gasteiger partial charge in [0, 0.05) is 31.0 Å². The van der Waals surface area contributed by atoms with Gasteiger partial charge in [-0.2, -0.15) is 0 Å². The highest BCUT2D eigenvalue weighted by molar-refractivity contribution is 5.78. The number of carbonyl (C=O) groups excluding carboxylic acids is 3. The van der Waals surface area contributed by atoms with E-state index in [1.54, 1.807) is 0 Å². The fourth-order valence-electron chi connectivity index (χ4n) is 1.89. The normalized spacial score (nSPS) is 24.5. The van der Waals surface area contributed by atoms with E-state index in [2.05, 4.69) is 37.0 Å². The number of ketones is 1. The van der Waals surface area contributed by atoms with Gasteiger partial charge < -0.3 is 4.79 Å². The first-order chi connectivity index (χ1) is 9.63. The van der Waals surface area contributed by atoms with Crippen molar-refractivity contribution in [1.29, 1.82) is 0 Å². The molecule has 0 saturated carbocycles. The molecule has 2 fully saturated rings. The van der Waals surface area contributed by atoms with E-state index in [4.69, 9.17) is 0 Å². The van der Waals surface area contributed by atoms with Crippen LogP contribution in [-0.2, 0) is 14.4 Å². The molecule has 2 rings (SSSR count). The van der Waals surface area contributed by atoms with Crippen molar-refractivity contribution in [2.24, 2.45) is 0 Å². The van der Waals surface area contributed by atoms with Crippen molar-refractivity contribution in [3.05, 3.63) is 0 Å². The molecule has 2 amide bonds. The predicted octanol–water partition coefficient (Wildman–Crippen LogP) is 0.515. The van der Waals surface area contributed by atoms with Crippen LogP contribution in [0.4, 0.5) is 0 Å². The van der Waals surface area contributed by atoms with Gasteiger partial charge in [-0.25, -0.2) is 10.4 Å². The van der Waals surface area contributed by atoms with Crippen molar-refractivity contribution in [1.82, 2.24) is 21.3 Å². The van der Waals surface area contributed by atoms with Gasteiger partial charge in [0.2, 0.25) is 11.8 Å². The van der Waals surface area contributed by atoms with Gasteiger partial charge in [0.05, 0.1) is 0 Å². The molecule has 3 N–H and O–H groups in total. The lowest BCUT2D eigenvalue weighted by atomic mass is 10.2. The molecule has 21 heavy (non-hydrogen) atoms. The molecule has 2 heterocycles. The second-order valence-electron chi connectivity index (χ2n) is 5.80. The Kier molecular flexibility index (Phi) is 8.80. The monoisotopic (exact) mass is 300 g/mol. The van der Waals surface area contributed by atoms with Crippen LogP contribution in [0, 0.1) is 0 Å². The van der Waals surface area contributed by atoms with Crippen LogP contribution in [0.15, 0.2) is 0 Å². The minimum Gasteiger partial charge on any atom is -0.300 e. The largest absolute Gasteiger partial charge is 0.300 e. The van der Waals surface area contributed by atoms with E-state index in [1.165, 1.54) is 13.8 Å². The summed E-state index contributed by atoms with van der Waals surface area (Å²) in [6.07, 6.45) is 1.25. The van der Waals surface area contributed by atoms with Crippen LogP contribution in [0.25, 0.3) is 0 Å². The van der Waals surface area contributed by atoms with E-state index in [0.717, 1.165) is 0 Å². The van der Waals surface area contributed by atoms with E-state index in [1.807, 2.05) is 11.9 Å². The van der Waals surface area contributed by atoms with E-state index in [0.29, 0.717) is 31.0 Å². The second-order valence-corrected chi connectivity index (χ2v) is 5.80. The Morgan fingerprint density at radius 2 is 1.67 bits per heavy atom. The molecule has 0 radical (unpaired) electrons. The summed E-state index contributed by atoms with van der Waals surface area (Å²) in [6.45, 7) is 11.2. The molecule has 122 valence electrons. The topological polar surface area (TPSA) is 90.5 Å². The highest BCUT2D eigenvalue weighted by Crippen LogP contribution is 2.11. The first-order valence-electron chi connectivity index (χ1n) is 7.22. The van der Waals surface area contributed by atoms with Gasteiger partial charge in [-0.1, -0.05) is 0 Å². The lowest BCUT2D eigenvalue weighted by Crippen LogP contribution is -2.42. The number of carbonyl (C=O) groups is 3. The number of amides is 2. The molecule has 2 saturated heterocycles. The summed E-state index contributed by atoms with van der Waals surface area (Å²) in [5, 5.41) is 1.99. The molecule has 2 aliphatic rings. The third kappa shape index (κ3) is 9.14. The Morgan fingerprint density at radius 3 is 1.81 bits per heavy atom. The van der Waals surface area contributed by atoms with Crippen LogP contribution in [-0.4, -0.2) is 40.7 Å². The van der Waals surface area contributed by atoms with Crippen molar-refractivity contribution in [2.45, 2.75) is 72.5 Å². The summed E-state index contributed by atoms with van der Waals surface area (Å²) in [6, 6.07) is 1.07. The molecule has 2 aliphatic heterocycles. The van der Waals surface area contributed by atoms with E-state index in [-0.39, 0.29) is 17.6 Å². The fourth-order valence-corrected chi connectivity index (χ4v) is 1.89. The highest BCUT2D eigenvalue weighted by Gasteiger charge is 2.27. The highest BCUT2D eigenvalue weighted by atomic mass is 16.2. The van der Waals surface area contributed by atoms with Crippen molar-refractivity contribution in [3.8, 4) is 0 Å². The smallest absolute Gasteiger partial charge is 0.235 e. The number of nitrogens with zero attached hydrogens (tertiary/aromatic N) is 1. The average molecular weight is 300 g/mol. The van der Waals surface area contributed by atoms with Crippen LogP contribution >= 0.6 is 0 Å². The van der Waals surface area contributed by atoms with Crippen molar-refractivity contribution in [2.75, 3.05) is 0 Å². The number of hydrazine groups is 2. The molecule has 0 aromatic heterocycles. The Balaban J connectivity index is 0.000000317. The zero-order valence-corrected chi connectivity index (χ0v) is 13.8. The molecule has 2 unspecified atom stereocenters. The van der Waals surface area contributed by atoms with Gasteiger partial charge in [0.15, 0.2) is 0 Å². The van der Waals surface area contributed by atoms with Crippen molar-refractivity contribution < 1.29 is 14.4 Å².